The van der Waals surface area contributed by atoms with Crippen LogP contribution in [-0.4, -0.2) is 36.1 Å². The number of methoxy groups -OCH3 is 2. The average Bonchev–Trinajstić information content (AvgIpc) is 2.83. The lowest BCUT2D eigenvalue weighted by Crippen LogP contribution is -2.11. The third kappa shape index (κ3) is 2.75. The third-order valence-corrected chi connectivity index (χ3v) is 3.18. The van der Waals surface area contributed by atoms with Gasteiger partial charge in [-0.25, -0.2) is 9.59 Å². The summed E-state index contributed by atoms with van der Waals surface area (Å²) in [5.74, 6) is -1.28. The molecule has 0 aliphatic heterocycles. The molecule has 0 aliphatic carbocycles. The fraction of sp³-hybridized carbons (Fsp3) is 0.214. The maximum absolute atomic E-state index is 12.0. The first-order valence-corrected chi connectivity index (χ1v) is 6.38. The molecule has 110 valence electrons. The second-order valence-corrected chi connectivity index (χ2v) is 4.65. The number of carbonyl (C=O) groups excluding carboxylic acids is 2. The van der Waals surface area contributed by atoms with Gasteiger partial charge in [0.05, 0.1) is 31.2 Å². The number of pyridine rings is 1. The van der Waals surface area contributed by atoms with E-state index in [0.717, 1.165) is 0 Å². The monoisotopic (exact) mass is 308 g/mol. The highest BCUT2D eigenvalue weighted by atomic mass is 35.5. The zero-order valence-corrected chi connectivity index (χ0v) is 12.4. The Bertz CT molecular complexity index is 709. The summed E-state index contributed by atoms with van der Waals surface area (Å²) in [6, 6.07) is 3.19. The quantitative estimate of drug-likeness (QED) is 0.881. The van der Waals surface area contributed by atoms with Crippen LogP contribution in [0.2, 0.25) is 5.02 Å². The van der Waals surface area contributed by atoms with Gasteiger partial charge in [-0.3, -0.25) is 4.98 Å². The molecular weight excluding hydrogens is 296 g/mol. The number of aromatic amines is 1. The largest absolute Gasteiger partial charge is 0.465 e. The molecule has 7 heteroatoms. The van der Waals surface area contributed by atoms with Gasteiger partial charge in [-0.05, 0) is 19.1 Å². The van der Waals surface area contributed by atoms with Crippen LogP contribution in [0.4, 0.5) is 0 Å². The van der Waals surface area contributed by atoms with Crippen LogP contribution in [0.3, 0.4) is 0 Å². The average molecular weight is 309 g/mol. The lowest BCUT2D eigenvalue weighted by atomic mass is 10.1. The topological polar surface area (TPSA) is 81.3 Å². The first-order valence-electron chi connectivity index (χ1n) is 6.00. The van der Waals surface area contributed by atoms with E-state index in [1.165, 1.54) is 20.4 Å². The number of halogens is 1. The first-order chi connectivity index (χ1) is 9.99. The molecule has 1 N–H and O–H groups in total. The first kappa shape index (κ1) is 15.1. The van der Waals surface area contributed by atoms with Crippen LogP contribution in [0, 0.1) is 6.92 Å². The van der Waals surface area contributed by atoms with E-state index < -0.39 is 11.9 Å². The Morgan fingerprint density at radius 2 is 1.81 bits per heavy atom. The number of nitrogens with zero attached hydrogens (tertiary/aromatic N) is 1. The maximum Gasteiger partial charge on any atom is 0.341 e. The van der Waals surface area contributed by atoms with Gasteiger partial charge in [0.1, 0.15) is 5.56 Å². The Balaban J connectivity index is 2.72. The lowest BCUT2D eigenvalue weighted by molar-refractivity contribution is 0.0556. The predicted molar refractivity (Wildman–Crippen MR) is 76.4 cm³/mol. The van der Waals surface area contributed by atoms with E-state index in [4.69, 9.17) is 21.1 Å². The van der Waals surface area contributed by atoms with E-state index in [2.05, 4.69) is 9.97 Å². The lowest BCUT2D eigenvalue weighted by Gasteiger charge is -2.05. The van der Waals surface area contributed by atoms with Gasteiger partial charge >= 0.3 is 11.9 Å². The summed E-state index contributed by atoms with van der Waals surface area (Å²) in [5, 5.41) is 0.461. The zero-order chi connectivity index (χ0) is 15.6. The molecule has 2 heterocycles. The molecule has 0 aliphatic rings. The summed E-state index contributed by atoms with van der Waals surface area (Å²) in [5.41, 5.74) is 1.49. The van der Waals surface area contributed by atoms with Crippen molar-refractivity contribution in [2.45, 2.75) is 6.92 Å². The van der Waals surface area contributed by atoms with E-state index in [1.807, 2.05) is 0 Å². The van der Waals surface area contributed by atoms with Crippen molar-refractivity contribution in [3.63, 3.8) is 0 Å². The number of H-pyrrole nitrogens is 1. The van der Waals surface area contributed by atoms with Gasteiger partial charge in [-0.2, -0.15) is 0 Å². The fourth-order valence-electron chi connectivity index (χ4n) is 2.02. The standard InChI is InChI=1S/C14H13ClN2O4/c1-7-10(13(18)20-2)11(14(19)21-3)12(17-7)9-6-8(15)4-5-16-9/h4-6,17H,1-3H3. The van der Waals surface area contributed by atoms with Crippen molar-refractivity contribution in [2.75, 3.05) is 14.2 Å². The van der Waals surface area contributed by atoms with Gasteiger partial charge in [-0.1, -0.05) is 11.6 Å². The van der Waals surface area contributed by atoms with E-state index in [9.17, 15) is 9.59 Å². The van der Waals surface area contributed by atoms with Crippen molar-refractivity contribution in [3.05, 3.63) is 40.2 Å². The van der Waals surface area contributed by atoms with Crippen LogP contribution in [0.5, 0.6) is 0 Å². The molecule has 2 rings (SSSR count). The number of ether oxygens (including phenoxy) is 2. The molecule has 0 atom stereocenters. The second kappa shape index (κ2) is 5.97. The van der Waals surface area contributed by atoms with Crippen LogP contribution in [0.25, 0.3) is 11.4 Å². The summed E-state index contributed by atoms with van der Waals surface area (Å²) >= 11 is 5.94. The number of nitrogens with one attached hydrogen (secondary N) is 1. The molecular formula is C14H13ClN2O4. The molecule has 21 heavy (non-hydrogen) atoms. The normalized spacial score (nSPS) is 10.3. The van der Waals surface area contributed by atoms with Gasteiger partial charge in [0.25, 0.3) is 0 Å². The molecule has 2 aromatic heterocycles. The molecule has 0 spiro atoms. The molecule has 0 bridgehead atoms. The molecule has 0 aromatic carbocycles. The van der Waals surface area contributed by atoms with Crippen molar-refractivity contribution in [1.82, 2.24) is 9.97 Å². The van der Waals surface area contributed by atoms with Gasteiger partial charge in [0, 0.05) is 16.9 Å². The van der Waals surface area contributed by atoms with Gasteiger partial charge in [-0.15, -0.1) is 0 Å². The van der Waals surface area contributed by atoms with Crippen LogP contribution >= 0.6 is 11.6 Å². The van der Waals surface area contributed by atoms with E-state index >= 15 is 0 Å². The molecule has 0 unspecified atom stereocenters. The Labute approximate surface area is 126 Å². The van der Waals surface area contributed by atoms with Crippen LogP contribution in [0.15, 0.2) is 18.3 Å². The second-order valence-electron chi connectivity index (χ2n) is 4.22. The predicted octanol–water partition coefficient (Wildman–Crippen LogP) is 2.61. The van der Waals surface area contributed by atoms with E-state index in [1.54, 1.807) is 19.1 Å². The number of aryl methyl sites for hydroxylation is 1. The van der Waals surface area contributed by atoms with Gasteiger partial charge < -0.3 is 14.5 Å². The highest BCUT2D eigenvalue weighted by Crippen LogP contribution is 2.29. The van der Waals surface area contributed by atoms with Gasteiger partial charge in [0.2, 0.25) is 0 Å². The molecule has 0 saturated carbocycles. The fourth-order valence-corrected chi connectivity index (χ4v) is 2.18. The van der Waals surface area contributed by atoms with E-state index in [0.29, 0.717) is 22.1 Å². The van der Waals surface area contributed by atoms with Gasteiger partial charge in [0.15, 0.2) is 0 Å². The van der Waals surface area contributed by atoms with Crippen LogP contribution in [-0.2, 0) is 9.47 Å². The Kier molecular flexibility index (Phi) is 4.28. The number of hydrogen-bond donors (Lipinski definition) is 1. The number of aromatic nitrogens is 2. The third-order valence-electron chi connectivity index (χ3n) is 2.94. The molecule has 6 nitrogen and oxygen atoms in total. The summed E-state index contributed by atoms with van der Waals surface area (Å²) in [6.07, 6.45) is 1.51. The van der Waals surface area contributed by atoms with E-state index in [-0.39, 0.29) is 11.1 Å². The molecule has 0 amide bonds. The maximum atomic E-state index is 12.0. The Hall–Kier alpha value is -2.34. The summed E-state index contributed by atoms with van der Waals surface area (Å²) in [6.45, 7) is 1.66. The van der Waals surface area contributed by atoms with Crippen molar-refractivity contribution in [3.8, 4) is 11.4 Å². The summed E-state index contributed by atoms with van der Waals surface area (Å²) < 4.78 is 9.46. The Morgan fingerprint density at radius 3 is 2.38 bits per heavy atom. The van der Waals surface area contributed by atoms with Crippen LogP contribution in [0.1, 0.15) is 26.4 Å². The molecule has 0 fully saturated rings. The Morgan fingerprint density at radius 1 is 1.19 bits per heavy atom. The minimum Gasteiger partial charge on any atom is -0.465 e. The smallest absolute Gasteiger partial charge is 0.341 e. The highest BCUT2D eigenvalue weighted by molar-refractivity contribution is 6.30. The highest BCUT2D eigenvalue weighted by Gasteiger charge is 2.28. The van der Waals surface area contributed by atoms with Crippen molar-refractivity contribution >= 4 is 23.5 Å². The molecule has 0 radical (unpaired) electrons. The molecule has 0 saturated heterocycles. The number of esters is 2. The molecule has 2 aromatic rings. The number of hydrogen-bond acceptors (Lipinski definition) is 5. The van der Waals surface area contributed by atoms with Crippen molar-refractivity contribution in [2.24, 2.45) is 0 Å². The zero-order valence-electron chi connectivity index (χ0n) is 11.7. The van der Waals surface area contributed by atoms with Crippen molar-refractivity contribution < 1.29 is 19.1 Å². The SMILES string of the molecule is COC(=O)c1c(C)[nH]c(-c2cc(Cl)ccn2)c1C(=O)OC. The summed E-state index contributed by atoms with van der Waals surface area (Å²) in [4.78, 5) is 31.0. The van der Waals surface area contributed by atoms with Crippen molar-refractivity contribution in [1.29, 1.82) is 0 Å². The summed E-state index contributed by atoms with van der Waals surface area (Å²) in [7, 11) is 2.48. The minimum absolute atomic E-state index is 0.0802. The number of rotatable bonds is 3. The minimum atomic E-state index is -0.656. The van der Waals surface area contributed by atoms with Crippen LogP contribution < -0.4 is 0 Å². The number of carbonyl (C=O) groups is 2.